The normalized spacial score (nSPS) is 10.5. The molecule has 0 N–H and O–H groups in total. The number of fused-ring (bicyclic) bond motifs is 1. The maximum Gasteiger partial charge on any atom is 0.338 e. The molecule has 0 heterocycles. The lowest BCUT2D eigenvalue weighted by molar-refractivity contribution is 0.0388. The molecule has 20 heavy (non-hydrogen) atoms. The van der Waals surface area contributed by atoms with Gasteiger partial charge < -0.3 is 9.47 Å². The molecule has 0 bridgehead atoms. The summed E-state index contributed by atoms with van der Waals surface area (Å²) in [6, 6.07) is 10.7. The molecular formula is C16H16O4. The molecule has 104 valence electrons. The summed E-state index contributed by atoms with van der Waals surface area (Å²) in [6.07, 6.45) is 0. The number of rotatable bonds is 5. The van der Waals surface area contributed by atoms with E-state index >= 15 is 0 Å². The fraction of sp³-hybridized carbons (Fsp3) is 0.250. The number of ether oxygens (including phenoxy) is 2. The van der Waals surface area contributed by atoms with E-state index in [2.05, 4.69) is 0 Å². The number of Topliss-reactive ketones (excluding diaryl/α,β-unsaturated/α-hetero) is 1. The van der Waals surface area contributed by atoms with E-state index in [9.17, 15) is 9.59 Å². The minimum atomic E-state index is -0.375. The molecule has 4 heteroatoms. The number of hydrogen-bond donors (Lipinski definition) is 0. The molecule has 2 rings (SSSR count). The summed E-state index contributed by atoms with van der Waals surface area (Å²) in [4.78, 5) is 23.1. The van der Waals surface area contributed by atoms with Crippen LogP contribution in [0.3, 0.4) is 0 Å². The van der Waals surface area contributed by atoms with Gasteiger partial charge in [-0.2, -0.15) is 0 Å². The number of hydrogen-bond acceptors (Lipinski definition) is 4. The Kier molecular flexibility index (Phi) is 4.48. The van der Waals surface area contributed by atoms with E-state index in [0.717, 1.165) is 10.8 Å². The molecule has 0 saturated carbocycles. The van der Waals surface area contributed by atoms with Gasteiger partial charge >= 0.3 is 5.97 Å². The van der Waals surface area contributed by atoms with Crippen molar-refractivity contribution in [3.63, 3.8) is 0 Å². The Balaban J connectivity index is 2.23. The van der Waals surface area contributed by atoms with Gasteiger partial charge in [-0.15, -0.1) is 0 Å². The van der Waals surface area contributed by atoms with Crippen LogP contribution >= 0.6 is 0 Å². The van der Waals surface area contributed by atoms with Crippen LogP contribution in [0.2, 0.25) is 0 Å². The van der Waals surface area contributed by atoms with Crippen molar-refractivity contribution in [2.75, 3.05) is 20.3 Å². The second kappa shape index (κ2) is 6.30. The van der Waals surface area contributed by atoms with Gasteiger partial charge in [-0.3, -0.25) is 4.79 Å². The maximum absolute atomic E-state index is 11.8. The lowest BCUT2D eigenvalue weighted by Crippen LogP contribution is -2.09. The first-order chi connectivity index (χ1) is 9.61. The van der Waals surface area contributed by atoms with E-state index in [1.165, 1.54) is 6.92 Å². The standard InChI is InChI=1S/C16H16O4/c1-11(17)12-3-4-14-10-15(6-5-13(14)9-12)16(18)20-8-7-19-2/h3-6,9-10H,7-8H2,1-2H3. The number of carbonyl (C=O) groups is 2. The average Bonchev–Trinajstić information content (AvgIpc) is 2.46. The van der Waals surface area contributed by atoms with Crippen LogP contribution in [0, 0.1) is 0 Å². The first-order valence-electron chi connectivity index (χ1n) is 6.32. The summed E-state index contributed by atoms with van der Waals surface area (Å²) in [5.41, 5.74) is 1.15. The van der Waals surface area contributed by atoms with E-state index < -0.39 is 0 Å². The van der Waals surface area contributed by atoms with Crippen molar-refractivity contribution < 1.29 is 19.1 Å². The molecular weight excluding hydrogens is 256 g/mol. The maximum atomic E-state index is 11.8. The zero-order valence-electron chi connectivity index (χ0n) is 11.5. The van der Waals surface area contributed by atoms with E-state index in [-0.39, 0.29) is 18.4 Å². The number of methoxy groups -OCH3 is 1. The molecule has 0 spiro atoms. The molecule has 0 radical (unpaired) electrons. The van der Waals surface area contributed by atoms with Crippen molar-refractivity contribution in [3.05, 3.63) is 47.5 Å². The summed E-state index contributed by atoms with van der Waals surface area (Å²) in [5.74, 6) is -0.352. The highest BCUT2D eigenvalue weighted by Gasteiger charge is 2.08. The number of benzene rings is 2. The van der Waals surface area contributed by atoms with Gasteiger partial charge in [0, 0.05) is 12.7 Å². The Morgan fingerprint density at radius 3 is 2.15 bits per heavy atom. The zero-order chi connectivity index (χ0) is 14.5. The van der Waals surface area contributed by atoms with Crippen LogP contribution < -0.4 is 0 Å². The second-order valence-electron chi connectivity index (χ2n) is 4.46. The third-order valence-corrected chi connectivity index (χ3v) is 3.00. The first-order valence-corrected chi connectivity index (χ1v) is 6.32. The third-order valence-electron chi connectivity index (χ3n) is 3.00. The molecule has 0 aliphatic heterocycles. The molecule has 4 nitrogen and oxygen atoms in total. The van der Waals surface area contributed by atoms with Crippen LogP contribution in [0.25, 0.3) is 10.8 Å². The molecule has 2 aromatic carbocycles. The smallest absolute Gasteiger partial charge is 0.338 e. The van der Waals surface area contributed by atoms with E-state index in [1.54, 1.807) is 25.3 Å². The summed E-state index contributed by atoms with van der Waals surface area (Å²) in [5, 5.41) is 1.82. The number of esters is 1. The van der Waals surface area contributed by atoms with Gasteiger partial charge in [0.2, 0.25) is 0 Å². The van der Waals surface area contributed by atoms with Crippen LogP contribution in [0.4, 0.5) is 0 Å². The average molecular weight is 272 g/mol. The Hall–Kier alpha value is -2.20. The Morgan fingerprint density at radius 2 is 1.55 bits per heavy atom. The van der Waals surface area contributed by atoms with Crippen molar-refractivity contribution in [2.45, 2.75) is 6.92 Å². The van der Waals surface area contributed by atoms with Gasteiger partial charge in [0.1, 0.15) is 6.61 Å². The SMILES string of the molecule is COCCOC(=O)c1ccc2cc(C(C)=O)ccc2c1. The quantitative estimate of drug-likeness (QED) is 0.477. The van der Waals surface area contributed by atoms with Crippen LogP contribution in [0.5, 0.6) is 0 Å². The van der Waals surface area contributed by atoms with Crippen LogP contribution in [-0.2, 0) is 9.47 Å². The van der Waals surface area contributed by atoms with Gasteiger partial charge in [0.15, 0.2) is 5.78 Å². The third kappa shape index (κ3) is 3.22. The summed E-state index contributed by atoms with van der Waals surface area (Å²) >= 11 is 0. The van der Waals surface area contributed by atoms with E-state index in [0.29, 0.717) is 17.7 Å². The highest BCUT2D eigenvalue weighted by molar-refractivity contribution is 6.00. The lowest BCUT2D eigenvalue weighted by Gasteiger charge is -2.06. The molecule has 0 fully saturated rings. The fourth-order valence-electron chi connectivity index (χ4n) is 1.89. The van der Waals surface area contributed by atoms with E-state index in [4.69, 9.17) is 9.47 Å². The number of ketones is 1. The Bertz CT molecular complexity index is 646. The molecule has 0 aliphatic rings. The summed E-state index contributed by atoms with van der Waals surface area (Å²) in [6.45, 7) is 2.14. The van der Waals surface area contributed by atoms with Crippen LogP contribution in [0.15, 0.2) is 36.4 Å². The lowest BCUT2D eigenvalue weighted by atomic mass is 10.0. The second-order valence-corrected chi connectivity index (χ2v) is 4.46. The van der Waals surface area contributed by atoms with E-state index in [1.807, 2.05) is 18.2 Å². The molecule has 0 aromatic heterocycles. The van der Waals surface area contributed by atoms with Crippen LogP contribution in [-0.4, -0.2) is 32.1 Å². The topological polar surface area (TPSA) is 52.6 Å². The van der Waals surface area contributed by atoms with Crippen LogP contribution in [0.1, 0.15) is 27.6 Å². The first kappa shape index (κ1) is 14.2. The molecule has 0 aliphatic carbocycles. The largest absolute Gasteiger partial charge is 0.460 e. The fourth-order valence-corrected chi connectivity index (χ4v) is 1.89. The molecule has 2 aromatic rings. The van der Waals surface area contributed by atoms with Crippen molar-refractivity contribution >= 4 is 22.5 Å². The van der Waals surface area contributed by atoms with Gasteiger partial charge in [0.05, 0.1) is 12.2 Å². The minimum Gasteiger partial charge on any atom is -0.460 e. The van der Waals surface area contributed by atoms with Crippen molar-refractivity contribution in [2.24, 2.45) is 0 Å². The summed E-state index contributed by atoms with van der Waals surface area (Å²) in [7, 11) is 1.55. The predicted octanol–water partition coefficient (Wildman–Crippen LogP) is 2.85. The number of carbonyl (C=O) groups excluding carboxylic acids is 2. The highest BCUT2D eigenvalue weighted by Crippen LogP contribution is 2.19. The molecule has 0 atom stereocenters. The molecule has 0 amide bonds. The van der Waals surface area contributed by atoms with Gasteiger partial charge in [0.25, 0.3) is 0 Å². The molecule has 0 saturated heterocycles. The van der Waals surface area contributed by atoms with Gasteiger partial charge in [-0.25, -0.2) is 4.79 Å². The summed E-state index contributed by atoms with van der Waals surface area (Å²) < 4.78 is 9.89. The predicted molar refractivity (Wildman–Crippen MR) is 76.1 cm³/mol. The molecule has 0 unspecified atom stereocenters. The zero-order valence-corrected chi connectivity index (χ0v) is 11.5. The van der Waals surface area contributed by atoms with Gasteiger partial charge in [-0.05, 0) is 35.9 Å². The van der Waals surface area contributed by atoms with Crippen molar-refractivity contribution in [1.82, 2.24) is 0 Å². The highest BCUT2D eigenvalue weighted by atomic mass is 16.6. The van der Waals surface area contributed by atoms with Gasteiger partial charge in [-0.1, -0.05) is 18.2 Å². The monoisotopic (exact) mass is 272 g/mol. The Morgan fingerprint density at radius 1 is 0.950 bits per heavy atom. The van der Waals surface area contributed by atoms with Crippen molar-refractivity contribution in [3.8, 4) is 0 Å². The van der Waals surface area contributed by atoms with Crippen molar-refractivity contribution in [1.29, 1.82) is 0 Å². The Labute approximate surface area is 117 Å². The minimum absolute atomic E-state index is 0.0231.